The lowest BCUT2D eigenvalue weighted by atomic mass is 9.94. The summed E-state index contributed by atoms with van der Waals surface area (Å²) in [6, 6.07) is 20.7. The van der Waals surface area contributed by atoms with Crippen LogP contribution in [0.2, 0.25) is 5.02 Å². The second-order valence-electron chi connectivity index (χ2n) is 10.9. The number of rotatable bonds is 8. The fourth-order valence-electron chi connectivity index (χ4n) is 6.01. The molecule has 5 aromatic rings. The number of allylic oxidation sites excluding steroid dienone is 1. The Morgan fingerprint density at radius 1 is 1.09 bits per heavy atom. The summed E-state index contributed by atoms with van der Waals surface area (Å²) >= 11 is 7.58. The number of thiazole rings is 1. The highest BCUT2D eigenvalue weighted by Crippen LogP contribution is 2.39. The number of aromatic nitrogens is 2. The molecule has 3 aromatic carbocycles. The fourth-order valence-corrected chi connectivity index (χ4v) is 7.24. The summed E-state index contributed by atoms with van der Waals surface area (Å²) < 4.78 is 21.0. The lowest BCUT2D eigenvalue weighted by Crippen LogP contribution is -2.40. The molecule has 0 saturated heterocycles. The van der Waals surface area contributed by atoms with Gasteiger partial charge in [-0.15, -0.1) is 0 Å². The molecule has 2 aromatic heterocycles. The molecule has 0 unspecified atom stereocenters. The maximum absolute atomic E-state index is 14.3. The van der Waals surface area contributed by atoms with Gasteiger partial charge in [-0.2, -0.15) is 0 Å². The van der Waals surface area contributed by atoms with Crippen LogP contribution >= 0.6 is 22.9 Å². The first kappa shape index (κ1) is 29.1. The molecule has 0 saturated carbocycles. The average Bonchev–Trinajstić information content (AvgIpc) is 3.73. The second-order valence-corrected chi connectivity index (χ2v) is 12.3. The van der Waals surface area contributed by atoms with Gasteiger partial charge in [0.05, 0.1) is 28.5 Å². The largest absolute Gasteiger partial charge is 0.463 e. The van der Waals surface area contributed by atoms with Crippen LogP contribution in [0, 0.1) is 0 Å². The number of hydrogen-bond donors (Lipinski definition) is 0. The van der Waals surface area contributed by atoms with Gasteiger partial charge in [-0.25, -0.2) is 9.79 Å². The van der Waals surface area contributed by atoms with E-state index in [1.165, 1.54) is 11.3 Å². The maximum atomic E-state index is 14.3. The van der Waals surface area contributed by atoms with E-state index in [1.807, 2.05) is 67.6 Å². The Kier molecular flexibility index (Phi) is 7.81. The van der Waals surface area contributed by atoms with Gasteiger partial charge in [0, 0.05) is 34.2 Å². The van der Waals surface area contributed by atoms with Crippen molar-refractivity contribution in [3.8, 4) is 11.5 Å². The molecular formula is C35H30ClN3O5S. The molecule has 10 heteroatoms. The zero-order chi connectivity index (χ0) is 31.1. The summed E-state index contributed by atoms with van der Waals surface area (Å²) in [5.41, 5.74) is 4.52. The Morgan fingerprint density at radius 3 is 2.76 bits per heavy atom. The van der Waals surface area contributed by atoms with E-state index in [1.54, 1.807) is 11.5 Å². The van der Waals surface area contributed by atoms with Crippen LogP contribution in [0.4, 0.5) is 0 Å². The molecule has 0 fully saturated rings. The minimum Gasteiger partial charge on any atom is -0.463 e. The monoisotopic (exact) mass is 639 g/mol. The quantitative estimate of drug-likeness (QED) is 0.196. The topological polar surface area (TPSA) is 84.0 Å². The predicted molar refractivity (Wildman–Crippen MR) is 175 cm³/mol. The standard InChI is InChI=1S/C35H30ClN3O5S/c1-3-8-26-31(34(41)42-4-2)32(22-13-14-28-29(16-22)44-20-43-28)39-33(40)30(45-35(39)37-26)17-23-19-38(27-12-6-5-11-25(23)27)18-21-9-7-10-24(36)15-21/h5-7,9-17,19,32H,3-4,8,18,20H2,1-2H3/b30-17-/t32-/m1/s1. The molecule has 0 spiro atoms. The van der Waals surface area contributed by atoms with Gasteiger partial charge in [-0.05, 0) is 60.9 Å². The molecule has 2 aliphatic rings. The van der Waals surface area contributed by atoms with Gasteiger partial charge >= 0.3 is 5.97 Å². The van der Waals surface area contributed by atoms with Crippen LogP contribution in [-0.4, -0.2) is 28.5 Å². The molecule has 4 heterocycles. The van der Waals surface area contributed by atoms with E-state index in [2.05, 4.69) is 22.9 Å². The molecule has 0 bridgehead atoms. The van der Waals surface area contributed by atoms with Crippen LogP contribution in [-0.2, 0) is 16.1 Å². The first-order chi connectivity index (χ1) is 21.9. The van der Waals surface area contributed by atoms with Crippen molar-refractivity contribution in [2.45, 2.75) is 39.3 Å². The van der Waals surface area contributed by atoms with Crippen LogP contribution in [0.5, 0.6) is 11.5 Å². The van der Waals surface area contributed by atoms with E-state index in [9.17, 15) is 9.59 Å². The van der Waals surface area contributed by atoms with E-state index in [4.69, 9.17) is 30.8 Å². The van der Waals surface area contributed by atoms with Crippen LogP contribution < -0.4 is 24.4 Å². The summed E-state index contributed by atoms with van der Waals surface area (Å²) in [6.07, 6.45) is 5.32. The summed E-state index contributed by atoms with van der Waals surface area (Å²) in [4.78, 5) is 33.3. The van der Waals surface area contributed by atoms with Gasteiger partial charge in [0.1, 0.15) is 0 Å². The Morgan fingerprint density at radius 2 is 1.93 bits per heavy atom. The van der Waals surface area contributed by atoms with Gasteiger partial charge in [0.2, 0.25) is 6.79 Å². The van der Waals surface area contributed by atoms with Gasteiger partial charge in [-0.1, -0.05) is 72.7 Å². The molecule has 7 rings (SSSR count). The third-order valence-electron chi connectivity index (χ3n) is 7.95. The number of hydrogen-bond acceptors (Lipinski definition) is 7. The number of carbonyl (C=O) groups is 1. The summed E-state index contributed by atoms with van der Waals surface area (Å²) in [5.74, 6) is 0.709. The number of esters is 1. The zero-order valence-corrected chi connectivity index (χ0v) is 26.4. The molecule has 0 N–H and O–H groups in total. The van der Waals surface area contributed by atoms with E-state index < -0.39 is 12.0 Å². The van der Waals surface area contributed by atoms with Crippen LogP contribution in [0.1, 0.15) is 49.4 Å². The van der Waals surface area contributed by atoms with Crippen molar-refractivity contribution in [3.63, 3.8) is 0 Å². The number of benzene rings is 3. The first-order valence-electron chi connectivity index (χ1n) is 14.9. The van der Waals surface area contributed by atoms with E-state index >= 15 is 0 Å². The van der Waals surface area contributed by atoms with Crippen molar-refractivity contribution in [1.82, 2.24) is 9.13 Å². The van der Waals surface area contributed by atoms with Gasteiger partial charge < -0.3 is 18.8 Å². The number of fused-ring (bicyclic) bond motifs is 3. The average molecular weight is 640 g/mol. The number of carbonyl (C=O) groups excluding carboxylic acids is 1. The first-order valence-corrected chi connectivity index (χ1v) is 16.1. The number of para-hydroxylation sites is 1. The van der Waals surface area contributed by atoms with Gasteiger partial charge in [-0.3, -0.25) is 9.36 Å². The van der Waals surface area contributed by atoms with Crippen molar-refractivity contribution in [2.24, 2.45) is 4.99 Å². The third kappa shape index (κ3) is 5.36. The minimum atomic E-state index is -0.734. The van der Waals surface area contributed by atoms with Crippen LogP contribution in [0.3, 0.4) is 0 Å². The highest BCUT2D eigenvalue weighted by Gasteiger charge is 2.35. The normalized spacial score (nSPS) is 15.8. The Bertz CT molecular complexity index is 2180. The SMILES string of the molecule is CCCC1=C(C(=O)OCC)[C@@H](c2ccc3c(c2)OCO3)n2c(s/c(=C\c3cn(Cc4cccc(Cl)c4)c4ccccc34)c2=O)=N1. The molecule has 0 aliphatic carbocycles. The van der Waals surface area contributed by atoms with Crippen molar-refractivity contribution >= 4 is 45.9 Å². The molecule has 228 valence electrons. The van der Waals surface area contributed by atoms with E-state index in [0.29, 0.717) is 50.1 Å². The van der Waals surface area contributed by atoms with Gasteiger partial charge in [0.25, 0.3) is 5.56 Å². The van der Waals surface area contributed by atoms with Crippen LogP contribution in [0.15, 0.2) is 94.0 Å². The minimum absolute atomic E-state index is 0.119. The van der Waals surface area contributed by atoms with Crippen molar-refractivity contribution in [2.75, 3.05) is 13.4 Å². The molecule has 0 amide bonds. The Hall–Kier alpha value is -4.60. The van der Waals surface area contributed by atoms with E-state index in [-0.39, 0.29) is 19.0 Å². The molecule has 8 nitrogen and oxygen atoms in total. The van der Waals surface area contributed by atoms with Crippen molar-refractivity contribution < 1.29 is 19.0 Å². The van der Waals surface area contributed by atoms with Crippen molar-refractivity contribution in [1.29, 1.82) is 0 Å². The number of halogens is 1. The maximum Gasteiger partial charge on any atom is 0.338 e. The molecule has 0 radical (unpaired) electrons. The van der Waals surface area contributed by atoms with Crippen LogP contribution in [0.25, 0.3) is 17.0 Å². The lowest BCUT2D eigenvalue weighted by molar-refractivity contribution is -0.139. The second kappa shape index (κ2) is 12.1. The highest BCUT2D eigenvalue weighted by molar-refractivity contribution is 7.07. The number of nitrogens with zero attached hydrogens (tertiary/aromatic N) is 3. The van der Waals surface area contributed by atoms with Gasteiger partial charge in [0.15, 0.2) is 16.3 Å². The number of ether oxygens (including phenoxy) is 3. The molecular weight excluding hydrogens is 610 g/mol. The highest BCUT2D eigenvalue weighted by atomic mass is 35.5. The zero-order valence-electron chi connectivity index (χ0n) is 24.8. The lowest BCUT2D eigenvalue weighted by Gasteiger charge is -2.25. The molecule has 1 atom stereocenters. The van der Waals surface area contributed by atoms with E-state index in [0.717, 1.165) is 34.0 Å². The molecule has 45 heavy (non-hydrogen) atoms. The Balaban J connectivity index is 1.41. The fraction of sp³-hybridized carbons (Fsp3) is 0.229. The summed E-state index contributed by atoms with van der Waals surface area (Å²) in [5, 5.41) is 1.71. The predicted octanol–water partition coefficient (Wildman–Crippen LogP) is 5.96. The Labute approximate surface area is 268 Å². The smallest absolute Gasteiger partial charge is 0.338 e. The molecule has 2 aliphatic heterocycles. The third-order valence-corrected chi connectivity index (χ3v) is 9.17. The summed E-state index contributed by atoms with van der Waals surface area (Å²) in [7, 11) is 0. The van der Waals surface area contributed by atoms with Crippen molar-refractivity contribution in [3.05, 3.63) is 126 Å². The summed E-state index contributed by atoms with van der Waals surface area (Å²) in [6.45, 7) is 4.76.